The highest BCUT2D eigenvalue weighted by atomic mass is 16.3. The molecular formula is C38H48N4O8. The van der Waals surface area contributed by atoms with Gasteiger partial charge in [0, 0.05) is 0 Å². The zero-order chi connectivity index (χ0) is 38.7. The van der Waals surface area contributed by atoms with Crippen LogP contribution >= 0.6 is 0 Å². The molecule has 0 radical (unpaired) electrons. The molecule has 5 rings (SSSR count). The van der Waals surface area contributed by atoms with Crippen molar-refractivity contribution in [3.05, 3.63) is 121 Å². The van der Waals surface area contributed by atoms with Crippen molar-refractivity contribution in [3.8, 4) is 48.0 Å². The van der Waals surface area contributed by atoms with Crippen molar-refractivity contribution in [2.75, 3.05) is 0 Å². The maximum Gasteiger partial charge on any atom is 0.283 e. The molecule has 0 unspecified atom stereocenters. The first kappa shape index (κ1) is 50.1. The van der Waals surface area contributed by atoms with Gasteiger partial charge in [0.05, 0.1) is 0 Å². The first-order valence-corrected chi connectivity index (χ1v) is 15.0. The predicted molar refractivity (Wildman–Crippen MR) is 189 cm³/mol. The monoisotopic (exact) mass is 688 g/mol. The number of hydrogen-bond acceptors (Lipinski definition) is 12. The minimum atomic E-state index is 0.322. The number of phenolic OH excluding ortho intramolecular Hbond substituents is 4. The first-order chi connectivity index (χ1) is 23.9. The van der Waals surface area contributed by atoms with Crippen molar-refractivity contribution in [1.82, 2.24) is 0 Å². The standard InChI is InChI=1S/C10H20.4C6H6O.4CHNO/c1-10(2)8-6-4-3-5-7-9-10;4*7-6-4-2-1-3-5-6;4*2-1-3/h3-9H2,1-2H3;4*1-5,7H;4*3H. The van der Waals surface area contributed by atoms with E-state index in [-0.39, 0.29) is 0 Å². The number of nitrogens with zero attached hydrogens (tertiary/aromatic N) is 4. The molecule has 268 valence electrons. The Morgan fingerprint density at radius 1 is 0.380 bits per heavy atom. The van der Waals surface area contributed by atoms with Crippen LogP contribution in [0.25, 0.3) is 0 Å². The summed E-state index contributed by atoms with van der Waals surface area (Å²) in [5.74, 6) is 1.29. The Bertz CT molecular complexity index is 1210. The molecule has 12 nitrogen and oxygen atoms in total. The van der Waals surface area contributed by atoms with Gasteiger partial charge < -0.3 is 40.9 Å². The van der Waals surface area contributed by atoms with Crippen molar-refractivity contribution in [2.45, 2.75) is 58.8 Å². The van der Waals surface area contributed by atoms with Gasteiger partial charge in [-0.15, -0.1) is 0 Å². The van der Waals surface area contributed by atoms with Crippen molar-refractivity contribution in [3.63, 3.8) is 0 Å². The van der Waals surface area contributed by atoms with E-state index >= 15 is 0 Å². The van der Waals surface area contributed by atoms with Crippen molar-refractivity contribution in [2.24, 2.45) is 5.41 Å². The second kappa shape index (κ2) is 40.3. The van der Waals surface area contributed by atoms with E-state index < -0.39 is 0 Å². The number of nitriles is 4. The normalized spacial score (nSPS) is 10.8. The maximum atomic E-state index is 8.63. The Morgan fingerprint density at radius 2 is 0.540 bits per heavy atom. The summed E-state index contributed by atoms with van der Waals surface area (Å²) in [6.45, 7) is 4.83. The summed E-state index contributed by atoms with van der Waals surface area (Å²) in [4.78, 5) is 0. The molecule has 0 saturated heterocycles. The Labute approximate surface area is 295 Å². The van der Waals surface area contributed by atoms with Gasteiger partial charge in [-0.1, -0.05) is 119 Å². The lowest BCUT2D eigenvalue weighted by atomic mass is 9.80. The van der Waals surface area contributed by atoms with Gasteiger partial charge in [-0.25, -0.2) is 0 Å². The molecule has 1 aliphatic rings. The molecule has 0 amide bonds. The molecule has 0 aliphatic heterocycles. The fourth-order valence-corrected chi connectivity index (χ4v) is 3.57. The van der Waals surface area contributed by atoms with Crippen LogP contribution in [-0.2, 0) is 0 Å². The third-order valence-corrected chi connectivity index (χ3v) is 5.73. The lowest BCUT2D eigenvalue weighted by Gasteiger charge is -2.26. The van der Waals surface area contributed by atoms with E-state index in [4.69, 9.17) is 61.9 Å². The number of rotatable bonds is 0. The Morgan fingerprint density at radius 3 is 0.680 bits per heavy atom. The average Bonchev–Trinajstić information content (AvgIpc) is 3.07. The predicted octanol–water partition coefficient (Wildman–Crippen LogP) is 8.69. The van der Waals surface area contributed by atoms with Crippen LogP contribution in [0.2, 0.25) is 0 Å². The average molecular weight is 689 g/mol. The summed E-state index contributed by atoms with van der Waals surface area (Å²) >= 11 is 0. The van der Waals surface area contributed by atoms with E-state index in [1.54, 1.807) is 97.1 Å². The Hall–Kier alpha value is -6.76. The number of hydrogen-bond donors (Lipinski definition) is 8. The second-order valence-electron chi connectivity index (χ2n) is 10.2. The topological polar surface area (TPSA) is 257 Å². The van der Waals surface area contributed by atoms with Gasteiger partial charge in [0.15, 0.2) is 0 Å². The summed E-state index contributed by atoms with van der Waals surface area (Å²) in [6.07, 6.45) is 13.3. The molecule has 0 heterocycles. The number of aromatic hydroxyl groups is 4. The van der Waals surface area contributed by atoms with Crippen LogP contribution in [0.3, 0.4) is 0 Å². The minimum absolute atomic E-state index is 0.322. The highest BCUT2D eigenvalue weighted by Gasteiger charge is 2.17. The highest BCUT2D eigenvalue weighted by molar-refractivity contribution is 5.20. The van der Waals surface area contributed by atoms with E-state index in [1.807, 2.05) is 24.3 Å². The molecule has 0 bridgehead atoms. The van der Waals surface area contributed by atoms with Gasteiger partial charge in [0.25, 0.3) is 25.0 Å². The minimum Gasteiger partial charge on any atom is -0.508 e. The van der Waals surface area contributed by atoms with Crippen LogP contribution in [0.4, 0.5) is 0 Å². The van der Waals surface area contributed by atoms with Gasteiger partial charge >= 0.3 is 0 Å². The third-order valence-electron chi connectivity index (χ3n) is 5.73. The quantitative estimate of drug-likeness (QED) is 0.0807. The molecule has 50 heavy (non-hydrogen) atoms. The van der Waals surface area contributed by atoms with E-state index in [0.29, 0.717) is 28.4 Å². The van der Waals surface area contributed by atoms with Crippen LogP contribution in [0, 0.1) is 51.5 Å². The summed E-state index contributed by atoms with van der Waals surface area (Å²) in [6, 6.07) is 34.9. The van der Waals surface area contributed by atoms with Crippen LogP contribution in [0.1, 0.15) is 58.8 Å². The lowest BCUT2D eigenvalue weighted by Crippen LogP contribution is -2.12. The summed E-state index contributed by atoms with van der Waals surface area (Å²) in [5, 5.41) is 89.5. The molecule has 0 atom stereocenters. The fourth-order valence-electron chi connectivity index (χ4n) is 3.57. The Kier molecular flexibility index (Phi) is 40.3. The Balaban J connectivity index is -0.000000246. The molecule has 1 aliphatic carbocycles. The largest absolute Gasteiger partial charge is 0.508 e. The molecule has 4 aromatic rings. The molecule has 0 aromatic heterocycles. The summed E-state index contributed by atoms with van der Waals surface area (Å²) < 4.78 is 0. The van der Waals surface area contributed by atoms with Crippen molar-refractivity contribution < 1.29 is 40.9 Å². The number of aliphatic hydroxyl groups is 4. The maximum absolute atomic E-state index is 8.63. The smallest absolute Gasteiger partial charge is 0.283 e. The van der Waals surface area contributed by atoms with Gasteiger partial charge in [-0.05, 0) is 66.8 Å². The third kappa shape index (κ3) is 48.2. The van der Waals surface area contributed by atoms with E-state index in [0.717, 1.165) is 25.0 Å². The zero-order valence-corrected chi connectivity index (χ0v) is 28.4. The summed E-state index contributed by atoms with van der Waals surface area (Å²) in [7, 11) is 0. The zero-order valence-electron chi connectivity index (χ0n) is 28.4. The molecule has 0 spiro atoms. The first-order valence-electron chi connectivity index (χ1n) is 15.0. The van der Waals surface area contributed by atoms with Gasteiger partial charge in [0.2, 0.25) is 0 Å². The number of aliphatic hydroxyl groups excluding tert-OH is 4. The SMILES string of the molecule is CC1(C)CCCCCCC1.N#CO.N#CO.N#CO.N#CO.Oc1ccccc1.Oc1ccccc1.Oc1ccccc1.Oc1ccccc1. The number of benzene rings is 4. The highest BCUT2D eigenvalue weighted by Crippen LogP contribution is 2.32. The van der Waals surface area contributed by atoms with Crippen molar-refractivity contribution >= 4 is 0 Å². The molecule has 12 heteroatoms. The lowest BCUT2D eigenvalue weighted by molar-refractivity contribution is 0.266. The van der Waals surface area contributed by atoms with E-state index in [9.17, 15) is 0 Å². The molecule has 1 fully saturated rings. The second-order valence-corrected chi connectivity index (χ2v) is 10.2. The number of para-hydroxylation sites is 4. The van der Waals surface area contributed by atoms with Gasteiger partial charge in [0.1, 0.15) is 23.0 Å². The molecular weight excluding hydrogens is 640 g/mol. The van der Waals surface area contributed by atoms with Crippen molar-refractivity contribution in [1.29, 1.82) is 21.0 Å². The summed E-state index contributed by atoms with van der Waals surface area (Å²) in [5.41, 5.74) is 0.653. The van der Waals surface area contributed by atoms with E-state index in [1.165, 1.54) is 44.9 Å². The van der Waals surface area contributed by atoms with Gasteiger partial charge in [-0.3, -0.25) is 0 Å². The van der Waals surface area contributed by atoms with Crippen LogP contribution in [0.15, 0.2) is 121 Å². The van der Waals surface area contributed by atoms with Gasteiger partial charge in [-0.2, -0.15) is 21.0 Å². The van der Waals surface area contributed by atoms with E-state index in [2.05, 4.69) is 13.8 Å². The molecule has 1 saturated carbocycles. The van der Waals surface area contributed by atoms with Crippen LogP contribution in [-0.4, -0.2) is 40.9 Å². The van der Waals surface area contributed by atoms with Crippen LogP contribution < -0.4 is 0 Å². The fraction of sp³-hybridized carbons (Fsp3) is 0.263. The molecule has 4 aromatic carbocycles. The number of phenols is 4. The van der Waals surface area contributed by atoms with Crippen LogP contribution in [0.5, 0.6) is 23.0 Å². The molecule has 8 N–H and O–H groups in total.